The Balaban J connectivity index is 2.89. The van der Waals surface area contributed by atoms with Gasteiger partial charge in [0.2, 0.25) is 0 Å². The predicted molar refractivity (Wildman–Crippen MR) is 182 cm³/mol. The van der Waals surface area contributed by atoms with Gasteiger partial charge in [-0.05, 0) is 79.7 Å². The van der Waals surface area contributed by atoms with E-state index < -0.39 is 34.2 Å². The molecule has 0 spiro atoms. The SMILES string of the molecule is CC/C=C/[C@H]1CCC(=O)[C@@H]1CC=C=CC([16O][Si](C)(C)C(C)(C)C)([16O][Si](C)(C)C(C)(C)C)C(OC)(Oc1ccccc1)C(=O)O. The fourth-order valence-electron chi connectivity index (χ4n) is 4.71. The fourth-order valence-corrected chi connectivity index (χ4v) is 7.39. The zero-order valence-corrected chi connectivity index (χ0v) is 31.1. The molecular weight excluding hydrogens is 589 g/mol. The van der Waals surface area contributed by atoms with E-state index in [1.54, 1.807) is 30.3 Å². The van der Waals surface area contributed by atoms with Crippen molar-refractivity contribution in [1.82, 2.24) is 0 Å². The molecule has 1 fully saturated rings. The first-order valence-electron chi connectivity index (χ1n) is 15.7. The summed E-state index contributed by atoms with van der Waals surface area (Å²) in [5, 5.41) is 10.4. The lowest BCUT2D eigenvalue weighted by Gasteiger charge is -2.53. The first-order valence-corrected chi connectivity index (χ1v) is 21.5. The third-order valence-electron chi connectivity index (χ3n) is 9.49. The van der Waals surface area contributed by atoms with Crippen LogP contribution in [-0.4, -0.2) is 52.2 Å². The molecule has 2 rings (SSSR count). The van der Waals surface area contributed by atoms with Crippen molar-refractivity contribution in [2.24, 2.45) is 11.8 Å². The molecule has 3 atom stereocenters. The number of ketones is 1. The summed E-state index contributed by atoms with van der Waals surface area (Å²) in [5.74, 6) is -5.31. The van der Waals surface area contributed by atoms with Crippen LogP contribution in [0.5, 0.6) is 5.75 Å². The Hall–Kier alpha value is -2.27. The lowest BCUT2D eigenvalue weighted by Crippen LogP contribution is -2.71. The number of aliphatic carboxylic acids is 1. The summed E-state index contributed by atoms with van der Waals surface area (Å²) < 4.78 is 26.4. The number of carboxylic acids is 1. The Morgan fingerprint density at radius 2 is 1.55 bits per heavy atom. The van der Waals surface area contributed by atoms with Crippen LogP contribution in [0.25, 0.3) is 0 Å². The number of carboxylic acid groups (broad SMARTS) is 1. The van der Waals surface area contributed by atoms with Gasteiger partial charge in [0.15, 0.2) is 16.6 Å². The van der Waals surface area contributed by atoms with Crippen LogP contribution < -0.4 is 4.74 Å². The molecule has 1 N–H and O–H groups in total. The Morgan fingerprint density at radius 3 is 2.00 bits per heavy atom. The third-order valence-corrected chi connectivity index (χ3v) is 18.3. The zero-order valence-electron chi connectivity index (χ0n) is 29.1. The zero-order chi connectivity index (χ0) is 33.6. The molecule has 9 heteroatoms. The molecule has 0 aromatic heterocycles. The molecular formula is C35H56O7Si2. The van der Waals surface area contributed by atoms with Crippen molar-refractivity contribution in [2.45, 2.75) is 122 Å². The molecule has 1 aliphatic carbocycles. The van der Waals surface area contributed by atoms with Crippen molar-refractivity contribution >= 4 is 28.4 Å². The van der Waals surface area contributed by atoms with Crippen LogP contribution in [0.4, 0.5) is 0 Å². The summed E-state index contributed by atoms with van der Waals surface area (Å²) in [6.45, 7) is 22.7. The molecule has 0 amide bonds. The Morgan fingerprint density at radius 1 is 1.00 bits per heavy atom. The van der Waals surface area contributed by atoms with Gasteiger partial charge < -0.3 is 23.4 Å². The maximum atomic E-state index is 13.5. The van der Waals surface area contributed by atoms with Crippen molar-refractivity contribution in [3.8, 4) is 5.75 Å². The monoisotopic (exact) mass is 644 g/mol. The van der Waals surface area contributed by atoms with Gasteiger partial charge in [-0.25, -0.2) is 4.79 Å². The quantitative estimate of drug-likeness (QED) is 0.0936. The van der Waals surface area contributed by atoms with Gasteiger partial charge in [0.05, 0.1) is 0 Å². The van der Waals surface area contributed by atoms with Crippen molar-refractivity contribution in [2.75, 3.05) is 7.11 Å². The highest BCUT2D eigenvalue weighted by Crippen LogP contribution is 2.49. The number of allylic oxidation sites excluding steroid dienone is 2. The maximum Gasteiger partial charge on any atom is 0.383 e. The van der Waals surface area contributed by atoms with Crippen LogP contribution in [0.1, 0.15) is 74.1 Å². The summed E-state index contributed by atoms with van der Waals surface area (Å²) >= 11 is 0. The Labute approximate surface area is 268 Å². The molecule has 0 radical (unpaired) electrons. The molecule has 0 bridgehead atoms. The van der Waals surface area contributed by atoms with Crippen LogP contribution in [-0.2, 0) is 23.2 Å². The second-order valence-electron chi connectivity index (χ2n) is 14.8. The number of rotatable bonds is 14. The number of carbonyl (C=O) groups excluding carboxylic acids is 1. The lowest BCUT2D eigenvalue weighted by molar-refractivity contribution is -0.306. The highest BCUT2D eigenvalue weighted by molar-refractivity contribution is 6.75. The molecule has 7 nitrogen and oxygen atoms in total. The van der Waals surface area contributed by atoms with E-state index in [9.17, 15) is 14.7 Å². The fraction of sp³-hybridized carbons (Fsp3) is 0.629. The number of benzene rings is 1. The molecule has 1 unspecified atom stereocenters. The minimum atomic E-state index is -2.79. The van der Waals surface area contributed by atoms with E-state index >= 15 is 0 Å². The number of hydrogen-bond donors (Lipinski definition) is 1. The van der Waals surface area contributed by atoms with Gasteiger partial charge >= 0.3 is 11.8 Å². The van der Waals surface area contributed by atoms with Crippen LogP contribution in [0.3, 0.4) is 0 Å². The van der Waals surface area contributed by atoms with Gasteiger partial charge in [-0.1, -0.05) is 78.8 Å². The molecule has 44 heavy (non-hydrogen) atoms. The van der Waals surface area contributed by atoms with E-state index in [-0.39, 0.29) is 27.7 Å². The van der Waals surface area contributed by atoms with Gasteiger partial charge in [0, 0.05) is 25.5 Å². The first-order chi connectivity index (χ1) is 20.2. The topological polar surface area (TPSA) is 91.3 Å². The van der Waals surface area contributed by atoms with Gasteiger partial charge in [-0.3, -0.25) is 4.79 Å². The predicted octanol–water partition coefficient (Wildman–Crippen LogP) is 8.90. The largest absolute Gasteiger partial charge is 0.476 e. The Kier molecular flexibility index (Phi) is 12.4. The summed E-state index contributed by atoms with van der Waals surface area (Å²) in [7, 11) is -4.27. The van der Waals surface area contributed by atoms with Crippen molar-refractivity contribution in [3.05, 3.63) is 60.4 Å². The average molecular weight is 645 g/mol. The van der Waals surface area contributed by atoms with Crippen LogP contribution in [0.15, 0.2) is 60.4 Å². The molecule has 1 saturated carbocycles. The first kappa shape index (κ1) is 37.9. The standard InChI is InChI=1S/C35H56O7Si2/c1-13-14-20-27-24-25-30(36)29(27)23-18-19-26-34(41-43(9,10)32(2,3)4,42-44(11,12)33(5,6)7)35(39-8,31(37)38)40-28-21-16-15-17-22-28/h14-18,20-22,26-27,29H,13,23-25H2,1-12H3,(H,37,38)/b20-14+/t19?,27-,29+,35?/m0/s1/i41+0,42+0. The van der Waals surface area contributed by atoms with Gasteiger partial charge in [0.25, 0.3) is 5.79 Å². The van der Waals surface area contributed by atoms with E-state index in [1.165, 1.54) is 13.2 Å². The molecule has 0 aliphatic heterocycles. The van der Waals surface area contributed by atoms with E-state index in [0.717, 1.165) is 12.8 Å². The van der Waals surface area contributed by atoms with E-state index in [0.29, 0.717) is 18.6 Å². The molecule has 246 valence electrons. The second kappa shape index (κ2) is 14.4. The minimum absolute atomic E-state index is 0.150. The number of Topliss-reactive ketones (excluding diaryl/α,β-unsaturated/α-hetero) is 1. The van der Waals surface area contributed by atoms with Gasteiger partial charge in [0.1, 0.15) is 11.5 Å². The molecule has 1 aromatic carbocycles. The molecule has 0 saturated heterocycles. The number of methoxy groups -OCH3 is 1. The smallest absolute Gasteiger partial charge is 0.383 e. The number of hydrogen-bond acceptors (Lipinski definition) is 6. The summed E-state index contributed by atoms with van der Waals surface area (Å²) in [5.41, 5.74) is 3.22. The normalized spacial score (nSPS) is 19.9. The van der Waals surface area contributed by atoms with Crippen molar-refractivity contribution in [3.63, 3.8) is 0 Å². The van der Waals surface area contributed by atoms with E-state index in [2.05, 4.69) is 66.3 Å². The summed E-state index contributed by atoms with van der Waals surface area (Å²) in [4.78, 5) is 26.3. The summed E-state index contributed by atoms with van der Waals surface area (Å²) in [6, 6.07) is 8.70. The lowest BCUT2D eigenvalue weighted by atomic mass is 9.91. The van der Waals surface area contributed by atoms with Crippen molar-refractivity contribution in [1.29, 1.82) is 0 Å². The molecule has 1 aromatic rings. The highest BCUT2D eigenvalue weighted by atomic mass is 28.4. The van der Waals surface area contributed by atoms with Crippen LogP contribution >= 0.6 is 0 Å². The van der Waals surface area contributed by atoms with Gasteiger partial charge in [-0.15, -0.1) is 5.73 Å². The second-order valence-corrected chi connectivity index (χ2v) is 24.2. The number of para-hydroxylation sites is 1. The van der Waals surface area contributed by atoms with E-state index in [1.807, 2.05) is 32.3 Å². The maximum absolute atomic E-state index is 13.5. The highest BCUT2D eigenvalue weighted by Gasteiger charge is 2.67. The molecule has 0 heterocycles. The Bertz CT molecular complexity index is 1190. The number of ether oxygens (including phenoxy) is 2. The number of carbonyl (C=O) groups is 2. The summed E-state index contributed by atoms with van der Waals surface area (Å²) in [6.07, 6.45) is 10.4. The minimum Gasteiger partial charge on any atom is -0.476 e. The third kappa shape index (κ3) is 8.50. The van der Waals surface area contributed by atoms with E-state index in [4.69, 9.17) is 18.3 Å². The molecule has 1 aliphatic rings. The van der Waals surface area contributed by atoms with Crippen LogP contribution in [0.2, 0.25) is 36.3 Å². The van der Waals surface area contributed by atoms with Crippen LogP contribution in [0, 0.1) is 11.8 Å². The van der Waals surface area contributed by atoms with Crippen molar-refractivity contribution < 1.29 is 33.0 Å². The van der Waals surface area contributed by atoms with Gasteiger partial charge in [-0.2, -0.15) is 0 Å². The average Bonchev–Trinajstić information content (AvgIpc) is 3.25.